The lowest BCUT2D eigenvalue weighted by Gasteiger charge is -2.30. The van der Waals surface area contributed by atoms with E-state index in [1.165, 1.54) is 25.7 Å². The number of hydrogen-bond acceptors (Lipinski definition) is 3. The molecule has 1 aromatic rings. The lowest BCUT2D eigenvalue weighted by atomic mass is 9.86. The molecular formula is C17H21ClN2S. The summed E-state index contributed by atoms with van der Waals surface area (Å²) in [5, 5.41) is 14.1. The van der Waals surface area contributed by atoms with E-state index in [1.54, 1.807) is 0 Å². The van der Waals surface area contributed by atoms with Gasteiger partial charge in [-0.15, -0.1) is 11.8 Å². The topological polar surface area (TPSA) is 35.8 Å². The van der Waals surface area contributed by atoms with Crippen molar-refractivity contribution in [3.63, 3.8) is 0 Å². The van der Waals surface area contributed by atoms with E-state index >= 15 is 0 Å². The smallest absolute Gasteiger partial charge is 0.109 e. The molecule has 2 atom stereocenters. The predicted molar refractivity (Wildman–Crippen MR) is 88.6 cm³/mol. The van der Waals surface area contributed by atoms with Gasteiger partial charge in [-0.3, -0.25) is 5.32 Å². The van der Waals surface area contributed by atoms with Gasteiger partial charge in [-0.1, -0.05) is 30.2 Å². The van der Waals surface area contributed by atoms with Crippen LogP contribution in [-0.2, 0) is 0 Å². The fourth-order valence-corrected chi connectivity index (χ4v) is 4.61. The van der Waals surface area contributed by atoms with Crippen molar-refractivity contribution in [1.82, 2.24) is 5.32 Å². The first-order chi connectivity index (χ1) is 10.2. The number of benzene rings is 1. The van der Waals surface area contributed by atoms with Crippen LogP contribution in [-0.4, -0.2) is 17.3 Å². The maximum Gasteiger partial charge on any atom is 0.109 e. The quantitative estimate of drug-likeness (QED) is 0.776. The molecule has 2 unspecified atom stereocenters. The first kappa shape index (κ1) is 15.2. The third-order valence-electron chi connectivity index (χ3n) is 4.62. The van der Waals surface area contributed by atoms with E-state index in [0.717, 1.165) is 28.5 Å². The number of nitrogens with zero attached hydrogens (tertiary/aromatic N) is 1. The van der Waals surface area contributed by atoms with Crippen LogP contribution >= 0.6 is 23.4 Å². The Morgan fingerprint density at radius 2 is 2.14 bits per heavy atom. The van der Waals surface area contributed by atoms with E-state index in [4.69, 9.17) is 11.6 Å². The number of thioether (sulfide) groups is 1. The molecule has 2 aliphatic rings. The maximum absolute atomic E-state index is 9.68. The second-order valence-corrected chi connectivity index (χ2v) is 7.70. The second-order valence-electron chi connectivity index (χ2n) is 6.16. The van der Waals surface area contributed by atoms with Crippen LogP contribution in [0.4, 0.5) is 0 Å². The van der Waals surface area contributed by atoms with Gasteiger partial charge in [0.1, 0.15) is 5.54 Å². The van der Waals surface area contributed by atoms with Crippen molar-refractivity contribution < 1.29 is 0 Å². The molecule has 0 radical (unpaired) electrons. The van der Waals surface area contributed by atoms with Crippen molar-refractivity contribution in [3.8, 4) is 6.07 Å². The van der Waals surface area contributed by atoms with Crippen molar-refractivity contribution in [2.45, 2.75) is 55.0 Å². The average molecular weight is 321 g/mol. The SMILES string of the molecule is N#CC1(NC2CC2)CCCC1CCSc1ccccc1Cl. The van der Waals surface area contributed by atoms with Gasteiger partial charge < -0.3 is 0 Å². The van der Waals surface area contributed by atoms with Gasteiger partial charge in [-0.05, 0) is 55.9 Å². The fourth-order valence-electron chi connectivity index (χ4n) is 3.30. The van der Waals surface area contributed by atoms with E-state index < -0.39 is 0 Å². The molecule has 4 heteroatoms. The standard InChI is InChI=1S/C17H21ClN2S/c18-15-5-1-2-6-16(15)21-11-9-13-4-3-10-17(13,12-19)20-14-7-8-14/h1-2,5-6,13-14,20H,3-4,7-11H2. The molecule has 2 aliphatic carbocycles. The summed E-state index contributed by atoms with van der Waals surface area (Å²) in [5.41, 5.74) is -0.262. The third kappa shape index (κ3) is 3.56. The highest BCUT2D eigenvalue weighted by Gasteiger charge is 2.45. The third-order valence-corrected chi connectivity index (χ3v) is 6.17. The van der Waals surface area contributed by atoms with Gasteiger partial charge in [0, 0.05) is 10.9 Å². The highest BCUT2D eigenvalue weighted by molar-refractivity contribution is 7.99. The summed E-state index contributed by atoms with van der Waals surface area (Å²) in [5.74, 6) is 1.52. The largest absolute Gasteiger partial charge is 0.296 e. The minimum absolute atomic E-state index is 0.262. The number of halogens is 1. The fraction of sp³-hybridized carbons (Fsp3) is 0.588. The van der Waals surface area contributed by atoms with E-state index in [2.05, 4.69) is 17.5 Å². The van der Waals surface area contributed by atoms with Crippen LogP contribution in [0.2, 0.25) is 5.02 Å². The highest BCUT2D eigenvalue weighted by Crippen LogP contribution is 2.41. The molecule has 0 saturated heterocycles. The number of nitrogens with one attached hydrogen (secondary N) is 1. The summed E-state index contributed by atoms with van der Waals surface area (Å²) in [6.45, 7) is 0. The molecule has 112 valence electrons. The molecule has 1 aromatic carbocycles. The molecule has 0 aliphatic heterocycles. The molecule has 0 heterocycles. The van der Waals surface area contributed by atoms with Crippen LogP contribution in [0.5, 0.6) is 0 Å². The zero-order valence-corrected chi connectivity index (χ0v) is 13.7. The van der Waals surface area contributed by atoms with Crippen LogP contribution in [0, 0.1) is 17.2 Å². The van der Waals surface area contributed by atoms with E-state index in [9.17, 15) is 5.26 Å². The van der Waals surface area contributed by atoms with Crippen LogP contribution in [0.3, 0.4) is 0 Å². The molecule has 3 rings (SSSR count). The minimum atomic E-state index is -0.262. The van der Waals surface area contributed by atoms with Crippen molar-refractivity contribution in [2.24, 2.45) is 5.92 Å². The molecule has 0 amide bonds. The summed E-state index contributed by atoms with van der Waals surface area (Å²) >= 11 is 8.01. The van der Waals surface area contributed by atoms with Gasteiger partial charge in [-0.2, -0.15) is 5.26 Å². The number of nitriles is 1. The molecule has 21 heavy (non-hydrogen) atoms. The lowest BCUT2D eigenvalue weighted by Crippen LogP contribution is -2.48. The Labute approximate surface area is 136 Å². The molecule has 2 fully saturated rings. The van der Waals surface area contributed by atoms with Gasteiger partial charge in [0.2, 0.25) is 0 Å². The average Bonchev–Trinajstić information content (AvgIpc) is 3.21. The molecule has 0 aromatic heterocycles. The Morgan fingerprint density at radius 1 is 1.33 bits per heavy atom. The van der Waals surface area contributed by atoms with Gasteiger partial charge in [0.15, 0.2) is 0 Å². The molecule has 2 nitrogen and oxygen atoms in total. The lowest BCUT2D eigenvalue weighted by molar-refractivity contribution is 0.308. The van der Waals surface area contributed by atoms with Crippen LogP contribution in [0.1, 0.15) is 38.5 Å². The maximum atomic E-state index is 9.68. The van der Waals surface area contributed by atoms with E-state index in [-0.39, 0.29) is 5.54 Å². The number of rotatable bonds is 6. The van der Waals surface area contributed by atoms with Crippen LogP contribution in [0.25, 0.3) is 0 Å². The Kier molecular flexibility index (Phi) is 4.78. The summed E-state index contributed by atoms with van der Waals surface area (Å²) < 4.78 is 0. The van der Waals surface area contributed by atoms with Crippen LogP contribution < -0.4 is 5.32 Å². The van der Waals surface area contributed by atoms with Crippen molar-refractivity contribution in [2.75, 3.05) is 5.75 Å². The first-order valence-corrected chi connectivity index (χ1v) is 9.16. The Bertz CT molecular complexity index is 538. The van der Waals surface area contributed by atoms with Crippen molar-refractivity contribution in [1.29, 1.82) is 5.26 Å². The zero-order valence-electron chi connectivity index (χ0n) is 12.1. The minimum Gasteiger partial charge on any atom is -0.296 e. The summed E-state index contributed by atoms with van der Waals surface area (Å²) in [6, 6.07) is 11.2. The predicted octanol–water partition coefficient (Wildman–Crippen LogP) is 4.64. The first-order valence-electron chi connectivity index (χ1n) is 7.80. The Morgan fingerprint density at radius 3 is 2.86 bits per heavy atom. The molecule has 1 N–H and O–H groups in total. The van der Waals surface area contributed by atoms with E-state index in [0.29, 0.717) is 12.0 Å². The summed E-state index contributed by atoms with van der Waals surface area (Å²) in [7, 11) is 0. The van der Waals surface area contributed by atoms with Crippen molar-refractivity contribution in [3.05, 3.63) is 29.3 Å². The second kappa shape index (κ2) is 6.60. The van der Waals surface area contributed by atoms with Gasteiger partial charge >= 0.3 is 0 Å². The normalized spacial score (nSPS) is 28.5. The zero-order chi connectivity index (χ0) is 14.7. The molecule has 2 saturated carbocycles. The molecule has 0 bridgehead atoms. The molecule has 0 spiro atoms. The van der Waals surface area contributed by atoms with Crippen molar-refractivity contribution >= 4 is 23.4 Å². The highest BCUT2D eigenvalue weighted by atomic mass is 35.5. The Balaban J connectivity index is 1.56. The molecular weight excluding hydrogens is 300 g/mol. The summed E-state index contributed by atoms with van der Waals surface area (Å²) in [4.78, 5) is 1.15. The monoisotopic (exact) mass is 320 g/mol. The van der Waals surface area contributed by atoms with Gasteiger partial charge in [-0.25, -0.2) is 0 Å². The number of hydrogen-bond donors (Lipinski definition) is 1. The summed E-state index contributed by atoms with van der Waals surface area (Å²) in [6.07, 6.45) is 6.94. The van der Waals surface area contributed by atoms with E-state index in [1.807, 2.05) is 30.0 Å². The van der Waals surface area contributed by atoms with Gasteiger partial charge in [0.25, 0.3) is 0 Å². The Hall–Kier alpha value is -0.690. The van der Waals surface area contributed by atoms with Crippen LogP contribution in [0.15, 0.2) is 29.2 Å². The van der Waals surface area contributed by atoms with Gasteiger partial charge in [0.05, 0.1) is 11.1 Å².